The first-order valence-corrected chi connectivity index (χ1v) is 8.35. The summed E-state index contributed by atoms with van der Waals surface area (Å²) in [5, 5.41) is 15.0. The zero-order valence-electron chi connectivity index (χ0n) is 14.7. The second-order valence-electron chi connectivity index (χ2n) is 7.38. The molecule has 2 amide bonds. The molecule has 1 aliphatic heterocycles. The van der Waals surface area contributed by atoms with Crippen LogP contribution in [0.25, 0.3) is 0 Å². The number of piperidine rings is 1. The first kappa shape index (κ1) is 19.2. The van der Waals surface area contributed by atoms with Crippen LogP contribution in [0.5, 0.6) is 0 Å². The highest BCUT2D eigenvalue weighted by atomic mass is 16.3. The van der Waals surface area contributed by atoms with E-state index in [0.717, 1.165) is 39.0 Å². The standard InChI is InChI=1S/C16H34N4O2/c1-16(2,7-12-21)13-17-15(22)18-14-5-8-20(9-6-14)11-10-19(3)4/h14,21H,5-13H2,1-4H3,(H2,17,18,22). The van der Waals surface area contributed by atoms with Gasteiger partial charge < -0.3 is 25.5 Å². The van der Waals surface area contributed by atoms with Gasteiger partial charge in [0.25, 0.3) is 0 Å². The predicted molar refractivity (Wildman–Crippen MR) is 90.0 cm³/mol. The van der Waals surface area contributed by atoms with E-state index >= 15 is 0 Å². The van der Waals surface area contributed by atoms with Gasteiger partial charge in [0.15, 0.2) is 0 Å². The zero-order chi connectivity index (χ0) is 16.6. The number of likely N-dealkylation sites (tertiary alicyclic amines) is 1. The van der Waals surface area contributed by atoms with E-state index in [-0.39, 0.29) is 24.1 Å². The lowest BCUT2D eigenvalue weighted by molar-refractivity contribution is 0.176. The minimum absolute atomic E-state index is 0.0678. The molecule has 1 heterocycles. The Hall–Kier alpha value is -0.850. The summed E-state index contributed by atoms with van der Waals surface area (Å²) in [4.78, 5) is 16.6. The molecule has 0 aliphatic carbocycles. The van der Waals surface area contributed by atoms with Gasteiger partial charge in [-0.3, -0.25) is 0 Å². The molecule has 130 valence electrons. The molecule has 0 unspecified atom stereocenters. The van der Waals surface area contributed by atoms with E-state index in [9.17, 15) is 4.79 Å². The predicted octanol–water partition coefficient (Wildman–Crippen LogP) is 0.720. The van der Waals surface area contributed by atoms with Crippen LogP contribution < -0.4 is 10.6 Å². The molecule has 0 aromatic rings. The van der Waals surface area contributed by atoms with Gasteiger partial charge in [0, 0.05) is 45.4 Å². The van der Waals surface area contributed by atoms with Crippen molar-refractivity contribution in [2.45, 2.75) is 39.2 Å². The number of rotatable bonds is 8. The molecule has 0 aromatic heterocycles. The van der Waals surface area contributed by atoms with Gasteiger partial charge in [0.05, 0.1) is 0 Å². The van der Waals surface area contributed by atoms with Crippen LogP contribution >= 0.6 is 0 Å². The molecule has 0 radical (unpaired) electrons. The molecule has 6 heteroatoms. The number of urea groups is 1. The largest absolute Gasteiger partial charge is 0.396 e. The van der Waals surface area contributed by atoms with Crippen molar-refractivity contribution in [1.82, 2.24) is 20.4 Å². The van der Waals surface area contributed by atoms with E-state index in [1.165, 1.54) is 0 Å². The molecule has 22 heavy (non-hydrogen) atoms. The van der Waals surface area contributed by atoms with E-state index in [4.69, 9.17) is 5.11 Å². The fourth-order valence-electron chi connectivity index (χ4n) is 2.59. The van der Waals surface area contributed by atoms with E-state index in [2.05, 4.69) is 34.5 Å². The van der Waals surface area contributed by atoms with Crippen LogP contribution in [-0.4, -0.2) is 80.4 Å². The maximum atomic E-state index is 12.0. The lowest BCUT2D eigenvalue weighted by atomic mass is 9.90. The molecule has 0 saturated carbocycles. The Kier molecular flexibility index (Phi) is 8.14. The van der Waals surface area contributed by atoms with Gasteiger partial charge in [-0.25, -0.2) is 4.79 Å². The fraction of sp³-hybridized carbons (Fsp3) is 0.938. The van der Waals surface area contributed by atoms with E-state index in [1.807, 2.05) is 13.8 Å². The molecule has 1 rings (SSSR count). The molecule has 1 aliphatic rings. The van der Waals surface area contributed by atoms with Crippen molar-refractivity contribution in [2.75, 3.05) is 53.4 Å². The number of aliphatic hydroxyl groups is 1. The minimum Gasteiger partial charge on any atom is -0.396 e. The van der Waals surface area contributed by atoms with Crippen LogP contribution in [0.15, 0.2) is 0 Å². The summed E-state index contributed by atoms with van der Waals surface area (Å²) in [5.74, 6) is 0. The summed E-state index contributed by atoms with van der Waals surface area (Å²) in [7, 11) is 4.19. The summed E-state index contributed by atoms with van der Waals surface area (Å²) in [5.41, 5.74) is -0.0678. The van der Waals surface area contributed by atoms with Crippen molar-refractivity contribution in [2.24, 2.45) is 5.41 Å². The third kappa shape index (κ3) is 7.96. The van der Waals surface area contributed by atoms with Crippen molar-refractivity contribution >= 4 is 6.03 Å². The molecular formula is C16H34N4O2. The highest BCUT2D eigenvalue weighted by Gasteiger charge is 2.22. The monoisotopic (exact) mass is 314 g/mol. The average Bonchev–Trinajstić information content (AvgIpc) is 2.44. The Morgan fingerprint density at radius 2 is 1.95 bits per heavy atom. The van der Waals surface area contributed by atoms with Gasteiger partial charge in [0.1, 0.15) is 0 Å². The van der Waals surface area contributed by atoms with Gasteiger partial charge in [-0.1, -0.05) is 13.8 Å². The summed E-state index contributed by atoms with van der Waals surface area (Å²) in [6.45, 7) is 9.12. The maximum Gasteiger partial charge on any atom is 0.315 e. The minimum atomic E-state index is -0.0854. The summed E-state index contributed by atoms with van der Waals surface area (Å²) >= 11 is 0. The second-order valence-corrected chi connectivity index (χ2v) is 7.38. The van der Waals surface area contributed by atoms with E-state index in [0.29, 0.717) is 13.0 Å². The molecule has 1 fully saturated rings. The van der Waals surface area contributed by atoms with Gasteiger partial charge in [-0.2, -0.15) is 0 Å². The Bertz CT molecular complexity index is 326. The quantitative estimate of drug-likeness (QED) is 0.617. The van der Waals surface area contributed by atoms with Gasteiger partial charge >= 0.3 is 6.03 Å². The van der Waals surface area contributed by atoms with Crippen molar-refractivity contribution in [3.8, 4) is 0 Å². The molecule has 6 nitrogen and oxygen atoms in total. The molecule has 0 aromatic carbocycles. The zero-order valence-corrected chi connectivity index (χ0v) is 14.7. The number of carbonyl (C=O) groups excluding carboxylic acids is 1. The highest BCUT2D eigenvalue weighted by molar-refractivity contribution is 5.74. The van der Waals surface area contributed by atoms with Crippen molar-refractivity contribution < 1.29 is 9.90 Å². The third-order valence-corrected chi connectivity index (χ3v) is 4.30. The molecule has 0 bridgehead atoms. The number of nitrogens with one attached hydrogen (secondary N) is 2. The molecule has 3 N–H and O–H groups in total. The number of carbonyl (C=O) groups is 1. The normalized spacial score (nSPS) is 17.7. The smallest absolute Gasteiger partial charge is 0.315 e. The van der Waals surface area contributed by atoms with Gasteiger partial charge in [-0.15, -0.1) is 0 Å². The second kappa shape index (κ2) is 9.33. The Morgan fingerprint density at radius 3 is 2.50 bits per heavy atom. The molecule has 1 saturated heterocycles. The number of nitrogens with zero attached hydrogens (tertiary/aromatic N) is 2. The Balaban J connectivity index is 2.19. The van der Waals surface area contributed by atoms with Crippen LogP contribution in [0, 0.1) is 5.41 Å². The summed E-state index contributed by atoms with van der Waals surface area (Å²) in [6.07, 6.45) is 2.72. The van der Waals surface area contributed by atoms with E-state index < -0.39 is 0 Å². The Labute approximate surface area is 135 Å². The van der Waals surface area contributed by atoms with Gasteiger partial charge in [-0.05, 0) is 38.8 Å². The molecular weight excluding hydrogens is 280 g/mol. The van der Waals surface area contributed by atoms with Crippen LogP contribution in [0.1, 0.15) is 33.1 Å². The summed E-state index contributed by atoms with van der Waals surface area (Å²) < 4.78 is 0. The van der Waals surface area contributed by atoms with Crippen LogP contribution in [0.4, 0.5) is 4.79 Å². The molecule has 0 spiro atoms. The van der Waals surface area contributed by atoms with Crippen LogP contribution in [-0.2, 0) is 0 Å². The van der Waals surface area contributed by atoms with E-state index in [1.54, 1.807) is 0 Å². The lowest BCUT2D eigenvalue weighted by Gasteiger charge is -2.33. The highest BCUT2D eigenvalue weighted by Crippen LogP contribution is 2.18. The van der Waals surface area contributed by atoms with Crippen LogP contribution in [0.3, 0.4) is 0 Å². The average molecular weight is 314 g/mol. The van der Waals surface area contributed by atoms with Crippen molar-refractivity contribution in [3.05, 3.63) is 0 Å². The third-order valence-electron chi connectivity index (χ3n) is 4.30. The number of likely N-dealkylation sites (N-methyl/N-ethyl adjacent to an activating group) is 1. The topological polar surface area (TPSA) is 67.8 Å². The number of aliphatic hydroxyl groups excluding tert-OH is 1. The first-order chi connectivity index (χ1) is 10.3. The maximum absolute atomic E-state index is 12.0. The van der Waals surface area contributed by atoms with Gasteiger partial charge in [0.2, 0.25) is 0 Å². The fourth-order valence-corrected chi connectivity index (χ4v) is 2.59. The van der Waals surface area contributed by atoms with Crippen molar-refractivity contribution in [3.63, 3.8) is 0 Å². The SMILES string of the molecule is CN(C)CCN1CCC(NC(=O)NCC(C)(C)CCO)CC1. The lowest BCUT2D eigenvalue weighted by Crippen LogP contribution is -2.50. The first-order valence-electron chi connectivity index (χ1n) is 8.35. The molecule has 0 atom stereocenters. The summed E-state index contributed by atoms with van der Waals surface area (Å²) in [6, 6.07) is 0.189. The number of hydrogen-bond acceptors (Lipinski definition) is 4. The number of amides is 2. The Morgan fingerprint density at radius 1 is 1.32 bits per heavy atom. The van der Waals surface area contributed by atoms with Crippen LogP contribution in [0.2, 0.25) is 0 Å². The number of hydrogen-bond donors (Lipinski definition) is 3. The van der Waals surface area contributed by atoms with Crippen molar-refractivity contribution in [1.29, 1.82) is 0 Å².